The van der Waals surface area contributed by atoms with Gasteiger partial charge >= 0.3 is 0 Å². The van der Waals surface area contributed by atoms with E-state index in [-0.39, 0.29) is 17.5 Å². The first-order valence-corrected chi connectivity index (χ1v) is 5.46. The van der Waals surface area contributed by atoms with E-state index in [9.17, 15) is 9.59 Å². The van der Waals surface area contributed by atoms with E-state index in [1.807, 2.05) is 12.1 Å². The van der Waals surface area contributed by atoms with Crippen molar-refractivity contribution in [1.82, 2.24) is 0 Å². The molecule has 18 heavy (non-hydrogen) atoms. The minimum Gasteiger partial charge on any atom is -0.461 e. The number of amides is 1. The van der Waals surface area contributed by atoms with Gasteiger partial charge in [0.15, 0.2) is 5.76 Å². The summed E-state index contributed by atoms with van der Waals surface area (Å²) in [4.78, 5) is 23.6. The Bertz CT molecular complexity index is 653. The van der Waals surface area contributed by atoms with E-state index in [0.29, 0.717) is 5.57 Å². The number of rotatable bonds is 2. The Kier molecular flexibility index (Phi) is 2.34. The minimum atomic E-state index is -0.318. The van der Waals surface area contributed by atoms with Crippen LogP contribution in [-0.4, -0.2) is 11.7 Å². The molecule has 4 heteroatoms. The highest BCUT2D eigenvalue weighted by Gasteiger charge is 2.24. The topological polar surface area (TPSA) is 59.3 Å². The zero-order valence-electron chi connectivity index (χ0n) is 9.34. The molecule has 1 aromatic carbocycles. The molecule has 4 nitrogen and oxygen atoms in total. The molecule has 0 unspecified atom stereocenters. The summed E-state index contributed by atoms with van der Waals surface area (Å²) in [5, 5.41) is 2.71. The van der Waals surface area contributed by atoms with Gasteiger partial charge in [-0.3, -0.25) is 9.59 Å². The van der Waals surface area contributed by atoms with E-state index in [0.717, 1.165) is 11.3 Å². The van der Waals surface area contributed by atoms with Crippen LogP contribution in [0.15, 0.2) is 53.2 Å². The van der Waals surface area contributed by atoms with Crippen LogP contribution < -0.4 is 5.32 Å². The number of allylic oxidation sites excluding steroid dienone is 1. The van der Waals surface area contributed by atoms with Gasteiger partial charge < -0.3 is 9.73 Å². The molecule has 0 saturated carbocycles. The fourth-order valence-electron chi connectivity index (χ4n) is 1.90. The third-order valence-corrected chi connectivity index (χ3v) is 2.75. The number of para-hydroxylation sites is 1. The van der Waals surface area contributed by atoms with Crippen LogP contribution in [-0.2, 0) is 4.79 Å². The fourth-order valence-corrected chi connectivity index (χ4v) is 1.90. The van der Waals surface area contributed by atoms with Crippen LogP contribution in [0.25, 0.3) is 5.57 Å². The second-order valence-corrected chi connectivity index (χ2v) is 3.90. The number of hydrogen-bond donors (Lipinski definition) is 1. The molecule has 0 fully saturated rings. The predicted octanol–water partition coefficient (Wildman–Crippen LogP) is 2.50. The Balaban J connectivity index is 2.02. The Hall–Kier alpha value is -2.62. The van der Waals surface area contributed by atoms with Crippen molar-refractivity contribution in [2.75, 3.05) is 5.32 Å². The van der Waals surface area contributed by atoms with Gasteiger partial charge in [-0.15, -0.1) is 0 Å². The van der Waals surface area contributed by atoms with Crippen molar-refractivity contribution in [1.29, 1.82) is 0 Å². The summed E-state index contributed by atoms with van der Waals surface area (Å²) in [5.74, 6) is -0.363. The third kappa shape index (κ3) is 1.64. The summed E-state index contributed by atoms with van der Waals surface area (Å²) in [6.07, 6.45) is 2.73. The first kappa shape index (κ1) is 10.5. The quantitative estimate of drug-likeness (QED) is 0.647. The van der Waals surface area contributed by atoms with Crippen molar-refractivity contribution in [3.63, 3.8) is 0 Å². The molecule has 88 valence electrons. The van der Waals surface area contributed by atoms with Crippen molar-refractivity contribution < 1.29 is 14.0 Å². The van der Waals surface area contributed by atoms with Gasteiger partial charge in [0.25, 0.3) is 5.91 Å². The number of carbonyl (C=O) groups is 2. The monoisotopic (exact) mass is 239 g/mol. The molecule has 1 aromatic heterocycles. The van der Waals surface area contributed by atoms with E-state index < -0.39 is 0 Å². The maximum atomic E-state index is 11.9. The number of anilines is 1. The molecule has 0 spiro atoms. The molecule has 1 aliphatic heterocycles. The summed E-state index contributed by atoms with van der Waals surface area (Å²) < 4.78 is 5.00. The second-order valence-electron chi connectivity index (χ2n) is 3.90. The lowest BCUT2D eigenvalue weighted by atomic mass is 10.1. The van der Waals surface area contributed by atoms with Crippen molar-refractivity contribution in [2.45, 2.75) is 0 Å². The van der Waals surface area contributed by atoms with Crippen LogP contribution in [0.3, 0.4) is 0 Å². The summed E-state index contributed by atoms with van der Waals surface area (Å²) in [6, 6.07) is 10.5. The Morgan fingerprint density at radius 1 is 1.17 bits per heavy atom. The normalized spacial score (nSPS) is 15.6. The number of nitrogens with one attached hydrogen (secondary N) is 1. The lowest BCUT2D eigenvalue weighted by Gasteiger charge is -1.96. The molecule has 3 rings (SSSR count). The van der Waals surface area contributed by atoms with Crippen LogP contribution in [0.4, 0.5) is 5.69 Å². The van der Waals surface area contributed by atoms with Gasteiger partial charge in [-0.1, -0.05) is 18.2 Å². The number of fused-ring (bicyclic) bond motifs is 1. The van der Waals surface area contributed by atoms with E-state index in [1.165, 1.54) is 12.3 Å². The lowest BCUT2D eigenvalue weighted by molar-refractivity contribution is -0.110. The van der Waals surface area contributed by atoms with E-state index >= 15 is 0 Å². The molecular weight excluding hydrogens is 230 g/mol. The molecule has 0 aliphatic carbocycles. The third-order valence-electron chi connectivity index (χ3n) is 2.75. The predicted molar refractivity (Wildman–Crippen MR) is 66.1 cm³/mol. The van der Waals surface area contributed by atoms with Gasteiger partial charge in [0, 0.05) is 17.3 Å². The number of benzene rings is 1. The Morgan fingerprint density at radius 3 is 2.78 bits per heavy atom. The molecule has 1 amide bonds. The van der Waals surface area contributed by atoms with Crippen molar-refractivity contribution in [3.8, 4) is 0 Å². The highest BCUT2D eigenvalue weighted by molar-refractivity contribution is 6.34. The Morgan fingerprint density at radius 2 is 2.00 bits per heavy atom. The molecule has 2 heterocycles. The van der Waals surface area contributed by atoms with Gasteiger partial charge in [-0.2, -0.15) is 0 Å². The molecule has 0 atom stereocenters. The van der Waals surface area contributed by atoms with Gasteiger partial charge in [-0.05, 0) is 18.2 Å². The minimum absolute atomic E-state index is 0.222. The molecule has 0 saturated heterocycles. The first-order valence-electron chi connectivity index (χ1n) is 5.46. The van der Waals surface area contributed by atoms with E-state index in [2.05, 4.69) is 5.32 Å². The molecular formula is C14H9NO3. The molecule has 1 aliphatic rings. The Labute approximate surface area is 103 Å². The highest BCUT2D eigenvalue weighted by atomic mass is 16.3. The number of carbonyl (C=O) groups excluding carboxylic acids is 2. The second kappa shape index (κ2) is 4.00. The van der Waals surface area contributed by atoms with Gasteiger partial charge in [-0.25, -0.2) is 0 Å². The summed E-state index contributed by atoms with van der Waals surface area (Å²) in [7, 11) is 0. The fraction of sp³-hybridized carbons (Fsp3) is 0. The highest BCUT2D eigenvalue weighted by Crippen LogP contribution is 2.31. The lowest BCUT2D eigenvalue weighted by Crippen LogP contribution is -2.05. The van der Waals surface area contributed by atoms with Crippen LogP contribution in [0.2, 0.25) is 0 Å². The van der Waals surface area contributed by atoms with Crippen LogP contribution in [0, 0.1) is 0 Å². The van der Waals surface area contributed by atoms with Gasteiger partial charge in [0.2, 0.25) is 5.78 Å². The maximum absolute atomic E-state index is 11.9. The number of furan rings is 1. The molecule has 2 aromatic rings. The van der Waals surface area contributed by atoms with E-state index in [4.69, 9.17) is 4.42 Å². The van der Waals surface area contributed by atoms with Crippen molar-refractivity contribution in [3.05, 3.63) is 60.1 Å². The number of hydrogen-bond acceptors (Lipinski definition) is 3. The summed E-state index contributed by atoms with van der Waals surface area (Å²) in [6.45, 7) is 0. The standard InChI is InChI=1S/C14H9NO3/c16-12(13-6-3-7-18-13)8-10-9-4-1-2-5-11(9)15-14(10)17/h1-8H,(H,15,17)/b10-8-. The summed E-state index contributed by atoms with van der Waals surface area (Å²) in [5.41, 5.74) is 1.83. The number of ketones is 1. The van der Waals surface area contributed by atoms with Crippen LogP contribution in [0.5, 0.6) is 0 Å². The average Bonchev–Trinajstić information content (AvgIpc) is 2.98. The summed E-state index contributed by atoms with van der Waals surface area (Å²) >= 11 is 0. The largest absolute Gasteiger partial charge is 0.461 e. The maximum Gasteiger partial charge on any atom is 0.256 e. The van der Waals surface area contributed by atoms with Crippen LogP contribution >= 0.6 is 0 Å². The smallest absolute Gasteiger partial charge is 0.256 e. The first-order chi connectivity index (χ1) is 8.75. The van der Waals surface area contributed by atoms with Gasteiger partial charge in [0.1, 0.15) is 0 Å². The zero-order chi connectivity index (χ0) is 12.5. The van der Waals surface area contributed by atoms with Crippen LogP contribution in [0.1, 0.15) is 16.1 Å². The zero-order valence-corrected chi connectivity index (χ0v) is 9.34. The van der Waals surface area contributed by atoms with Crippen molar-refractivity contribution >= 4 is 23.0 Å². The average molecular weight is 239 g/mol. The molecule has 0 bridgehead atoms. The van der Waals surface area contributed by atoms with E-state index in [1.54, 1.807) is 24.3 Å². The van der Waals surface area contributed by atoms with Gasteiger partial charge in [0.05, 0.1) is 11.8 Å². The molecule has 0 radical (unpaired) electrons. The van der Waals surface area contributed by atoms with Crippen molar-refractivity contribution in [2.24, 2.45) is 0 Å². The molecule has 1 N–H and O–H groups in total. The SMILES string of the molecule is O=C1Nc2ccccc2/C1=C/C(=O)c1ccco1.